The lowest BCUT2D eigenvalue weighted by Crippen LogP contribution is -2.36. The van der Waals surface area contributed by atoms with Crippen LogP contribution >= 0.6 is 22.9 Å². The van der Waals surface area contributed by atoms with Crippen molar-refractivity contribution < 1.29 is 4.79 Å². The molecule has 2 amide bonds. The Balaban J connectivity index is 1.82. The molecule has 0 saturated heterocycles. The molecule has 5 heteroatoms. The summed E-state index contributed by atoms with van der Waals surface area (Å²) in [5.41, 5.74) is 2.18. The average Bonchev–Trinajstić information content (AvgIpc) is 2.90. The molecule has 1 aromatic carbocycles. The van der Waals surface area contributed by atoms with Crippen LogP contribution in [0.3, 0.4) is 0 Å². The molecular weight excluding hydrogens is 280 g/mol. The van der Waals surface area contributed by atoms with E-state index in [1.807, 2.05) is 41.1 Å². The second kappa shape index (κ2) is 6.59. The molecule has 0 radical (unpaired) electrons. The van der Waals surface area contributed by atoms with Crippen molar-refractivity contribution >= 4 is 29.0 Å². The van der Waals surface area contributed by atoms with Crippen LogP contribution in [0.2, 0.25) is 5.02 Å². The van der Waals surface area contributed by atoms with Crippen LogP contribution in [0.4, 0.5) is 4.79 Å². The Hall–Kier alpha value is -1.52. The number of hydrogen-bond acceptors (Lipinski definition) is 2. The molecule has 1 heterocycles. The van der Waals surface area contributed by atoms with Gasteiger partial charge in [0.15, 0.2) is 0 Å². The summed E-state index contributed by atoms with van der Waals surface area (Å²) in [6.45, 7) is 1.12. The van der Waals surface area contributed by atoms with Gasteiger partial charge in [-0.3, -0.25) is 0 Å². The van der Waals surface area contributed by atoms with Gasteiger partial charge in [-0.1, -0.05) is 23.7 Å². The molecule has 0 atom stereocenters. The second-order valence-corrected chi connectivity index (χ2v) is 5.49. The largest absolute Gasteiger partial charge is 0.334 e. The number of nitrogens with one attached hydrogen (secondary N) is 1. The zero-order chi connectivity index (χ0) is 13.7. The zero-order valence-corrected chi connectivity index (χ0v) is 12.2. The van der Waals surface area contributed by atoms with Gasteiger partial charge in [-0.2, -0.15) is 11.3 Å². The third kappa shape index (κ3) is 4.26. The molecule has 0 unspecified atom stereocenters. The molecular formula is C14H15ClN2OS. The minimum absolute atomic E-state index is 0.0823. The first kappa shape index (κ1) is 13.9. The van der Waals surface area contributed by atoms with Crippen molar-refractivity contribution in [3.63, 3.8) is 0 Å². The van der Waals surface area contributed by atoms with Crippen molar-refractivity contribution in [2.75, 3.05) is 7.05 Å². The SMILES string of the molecule is CN(Cc1ccsc1)C(=O)NCc1ccc(Cl)cc1. The van der Waals surface area contributed by atoms with Crippen LogP contribution in [0, 0.1) is 0 Å². The van der Waals surface area contributed by atoms with Gasteiger partial charge in [0, 0.05) is 25.2 Å². The highest BCUT2D eigenvalue weighted by molar-refractivity contribution is 7.07. The van der Waals surface area contributed by atoms with Crippen molar-refractivity contribution in [3.05, 3.63) is 57.2 Å². The first-order valence-corrected chi connectivity index (χ1v) is 7.22. The highest BCUT2D eigenvalue weighted by Gasteiger charge is 2.08. The number of hydrogen-bond donors (Lipinski definition) is 1. The van der Waals surface area contributed by atoms with Gasteiger partial charge in [-0.25, -0.2) is 4.79 Å². The first-order valence-electron chi connectivity index (χ1n) is 5.89. The summed E-state index contributed by atoms with van der Waals surface area (Å²) in [5, 5.41) is 7.63. The van der Waals surface area contributed by atoms with Gasteiger partial charge in [0.2, 0.25) is 0 Å². The van der Waals surface area contributed by atoms with Crippen LogP contribution in [-0.4, -0.2) is 18.0 Å². The minimum Gasteiger partial charge on any atom is -0.334 e. The fourth-order valence-electron chi connectivity index (χ4n) is 1.64. The summed E-state index contributed by atoms with van der Waals surface area (Å²) in [6.07, 6.45) is 0. The van der Waals surface area contributed by atoms with Crippen molar-refractivity contribution in [1.82, 2.24) is 10.2 Å². The predicted octanol–water partition coefficient (Wildman–Crippen LogP) is 3.74. The summed E-state index contributed by atoms with van der Waals surface area (Å²) < 4.78 is 0. The monoisotopic (exact) mass is 294 g/mol. The summed E-state index contributed by atoms with van der Waals surface area (Å²) in [6, 6.07) is 9.38. The van der Waals surface area contributed by atoms with Crippen molar-refractivity contribution in [3.8, 4) is 0 Å². The third-order valence-corrected chi connectivity index (χ3v) is 3.69. The molecule has 0 spiro atoms. The van der Waals surface area contributed by atoms with Crippen LogP contribution in [0.25, 0.3) is 0 Å². The molecule has 2 rings (SSSR count). The Labute approximate surface area is 121 Å². The number of nitrogens with zero attached hydrogens (tertiary/aromatic N) is 1. The average molecular weight is 295 g/mol. The van der Waals surface area contributed by atoms with Crippen molar-refractivity contribution in [2.24, 2.45) is 0 Å². The summed E-state index contributed by atoms with van der Waals surface area (Å²) >= 11 is 7.44. The van der Waals surface area contributed by atoms with E-state index >= 15 is 0 Å². The molecule has 1 aromatic heterocycles. The molecule has 19 heavy (non-hydrogen) atoms. The van der Waals surface area contributed by atoms with Crippen molar-refractivity contribution in [1.29, 1.82) is 0 Å². The molecule has 0 fully saturated rings. The van der Waals surface area contributed by atoms with Crippen molar-refractivity contribution in [2.45, 2.75) is 13.1 Å². The molecule has 1 N–H and O–H groups in total. The number of amides is 2. The van der Waals surface area contributed by atoms with E-state index in [1.165, 1.54) is 0 Å². The molecule has 0 aliphatic heterocycles. The van der Waals surface area contributed by atoms with E-state index in [1.54, 1.807) is 23.3 Å². The van der Waals surface area contributed by atoms with Gasteiger partial charge < -0.3 is 10.2 Å². The molecule has 0 aliphatic carbocycles. The number of halogens is 1. The number of urea groups is 1. The molecule has 0 bridgehead atoms. The lowest BCUT2D eigenvalue weighted by molar-refractivity contribution is 0.206. The Bertz CT molecular complexity index is 525. The number of thiophene rings is 1. The smallest absolute Gasteiger partial charge is 0.317 e. The van der Waals surface area contributed by atoms with E-state index < -0.39 is 0 Å². The maximum absolute atomic E-state index is 11.9. The summed E-state index contributed by atoms with van der Waals surface area (Å²) in [4.78, 5) is 13.6. The predicted molar refractivity (Wildman–Crippen MR) is 79.5 cm³/mol. The third-order valence-electron chi connectivity index (χ3n) is 2.70. The quantitative estimate of drug-likeness (QED) is 0.915. The standard InChI is InChI=1S/C14H15ClN2OS/c1-17(9-12-6-7-19-10-12)14(18)16-8-11-2-4-13(15)5-3-11/h2-7,10H,8-9H2,1H3,(H,16,18). The molecule has 3 nitrogen and oxygen atoms in total. The van der Waals surface area contributed by atoms with Gasteiger partial charge in [-0.05, 0) is 40.1 Å². The fraction of sp³-hybridized carbons (Fsp3) is 0.214. The van der Waals surface area contributed by atoms with E-state index in [0.29, 0.717) is 18.1 Å². The van der Waals surface area contributed by atoms with Gasteiger partial charge >= 0.3 is 6.03 Å². The number of carbonyl (C=O) groups is 1. The maximum Gasteiger partial charge on any atom is 0.317 e. The lowest BCUT2D eigenvalue weighted by atomic mass is 10.2. The second-order valence-electron chi connectivity index (χ2n) is 4.27. The lowest BCUT2D eigenvalue weighted by Gasteiger charge is -2.17. The first-order chi connectivity index (χ1) is 9.15. The van der Waals surface area contributed by atoms with E-state index in [0.717, 1.165) is 11.1 Å². The Morgan fingerprint density at radius 1 is 1.26 bits per heavy atom. The number of carbonyl (C=O) groups excluding carboxylic acids is 1. The Morgan fingerprint density at radius 3 is 2.63 bits per heavy atom. The number of benzene rings is 1. The zero-order valence-electron chi connectivity index (χ0n) is 10.6. The minimum atomic E-state index is -0.0823. The molecule has 2 aromatic rings. The van der Waals surface area contributed by atoms with Gasteiger partial charge in [0.1, 0.15) is 0 Å². The van der Waals surface area contributed by atoms with Crippen LogP contribution in [0.15, 0.2) is 41.1 Å². The van der Waals surface area contributed by atoms with Crippen LogP contribution in [-0.2, 0) is 13.1 Å². The Morgan fingerprint density at radius 2 is 2.00 bits per heavy atom. The van der Waals surface area contributed by atoms with Gasteiger partial charge in [-0.15, -0.1) is 0 Å². The summed E-state index contributed by atoms with van der Waals surface area (Å²) in [5.74, 6) is 0. The molecule has 0 aliphatic rings. The summed E-state index contributed by atoms with van der Waals surface area (Å²) in [7, 11) is 1.79. The van der Waals surface area contributed by atoms with Crippen LogP contribution in [0.5, 0.6) is 0 Å². The molecule has 100 valence electrons. The topological polar surface area (TPSA) is 32.3 Å². The number of rotatable bonds is 4. The van der Waals surface area contributed by atoms with Crippen LogP contribution in [0.1, 0.15) is 11.1 Å². The van der Waals surface area contributed by atoms with E-state index in [4.69, 9.17) is 11.6 Å². The van der Waals surface area contributed by atoms with E-state index in [2.05, 4.69) is 5.32 Å². The van der Waals surface area contributed by atoms with E-state index in [-0.39, 0.29) is 6.03 Å². The van der Waals surface area contributed by atoms with E-state index in [9.17, 15) is 4.79 Å². The fourth-order valence-corrected chi connectivity index (χ4v) is 2.43. The maximum atomic E-state index is 11.9. The van der Waals surface area contributed by atoms with Crippen LogP contribution < -0.4 is 5.32 Å². The molecule has 0 saturated carbocycles. The highest BCUT2D eigenvalue weighted by Crippen LogP contribution is 2.10. The van der Waals surface area contributed by atoms with Gasteiger partial charge in [0.05, 0.1) is 0 Å². The van der Waals surface area contributed by atoms with Gasteiger partial charge in [0.25, 0.3) is 0 Å². The Kier molecular flexibility index (Phi) is 4.82. The normalized spacial score (nSPS) is 10.2. The highest BCUT2D eigenvalue weighted by atomic mass is 35.5.